The van der Waals surface area contributed by atoms with E-state index in [2.05, 4.69) is 9.99 Å². The molecule has 0 amide bonds. The van der Waals surface area contributed by atoms with Gasteiger partial charge in [0.05, 0.1) is 7.11 Å². The van der Waals surface area contributed by atoms with Gasteiger partial charge >= 0.3 is 5.97 Å². The number of aliphatic carboxylic acids is 1. The molecule has 5 heteroatoms. The van der Waals surface area contributed by atoms with E-state index in [9.17, 15) is 4.79 Å². The van der Waals surface area contributed by atoms with Gasteiger partial charge in [-0.3, -0.25) is 0 Å². The number of methoxy groups -OCH3 is 1. The third-order valence-corrected chi connectivity index (χ3v) is 2.72. The Morgan fingerprint density at radius 1 is 1.21 bits per heavy atom. The largest absolute Gasteiger partial charge is 0.496 e. The van der Waals surface area contributed by atoms with Crippen LogP contribution in [0.25, 0.3) is 10.8 Å². The number of ether oxygens (including phenoxy) is 1. The summed E-state index contributed by atoms with van der Waals surface area (Å²) in [5.41, 5.74) is 0.321. The van der Waals surface area contributed by atoms with Crippen LogP contribution in [0.2, 0.25) is 0 Å². The maximum absolute atomic E-state index is 11.1. The van der Waals surface area contributed by atoms with Gasteiger partial charge in [0, 0.05) is 10.9 Å². The van der Waals surface area contributed by atoms with Crippen molar-refractivity contribution in [3.63, 3.8) is 0 Å². The van der Waals surface area contributed by atoms with Crippen molar-refractivity contribution >= 4 is 22.5 Å². The van der Waals surface area contributed by atoms with Gasteiger partial charge in [-0.2, -0.15) is 0 Å². The van der Waals surface area contributed by atoms with Crippen LogP contribution in [0.5, 0.6) is 5.75 Å². The fourth-order valence-corrected chi connectivity index (χ4v) is 1.88. The minimum Gasteiger partial charge on any atom is -0.496 e. The zero-order chi connectivity index (χ0) is 13.8. The van der Waals surface area contributed by atoms with Crippen molar-refractivity contribution in [2.24, 2.45) is 5.16 Å². The van der Waals surface area contributed by atoms with Gasteiger partial charge in [0.1, 0.15) is 12.9 Å². The minimum atomic E-state index is -1.14. The van der Waals surface area contributed by atoms with Gasteiger partial charge in [0.25, 0.3) is 0 Å². The van der Waals surface area contributed by atoms with E-state index in [-0.39, 0.29) is 5.71 Å². The molecule has 0 aliphatic carbocycles. The molecule has 98 valence electrons. The summed E-state index contributed by atoms with van der Waals surface area (Å²) < 4.78 is 5.26. The van der Waals surface area contributed by atoms with E-state index in [4.69, 9.17) is 9.84 Å². The molecular weight excluding hydrogens is 246 g/mol. The highest BCUT2D eigenvalue weighted by Crippen LogP contribution is 2.26. The van der Waals surface area contributed by atoms with Gasteiger partial charge in [-0.15, -0.1) is 0 Å². The quantitative estimate of drug-likeness (QED) is 0.675. The molecular formula is C14H13NO4. The Balaban J connectivity index is 2.63. The van der Waals surface area contributed by atoms with Gasteiger partial charge in [0.15, 0.2) is 5.71 Å². The van der Waals surface area contributed by atoms with E-state index in [0.717, 1.165) is 10.8 Å². The zero-order valence-electron chi connectivity index (χ0n) is 10.6. The molecule has 0 saturated heterocycles. The van der Waals surface area contributed by atoms with Crippen LogP contribution < -0.4 is 4.74 Å². The minimum absolute atomic E-state index is 0.143. The highest BCUT2D eigenvalue weighted by Gasteiger charge is 2.14. The lowest BCUT2D eigenvalue weighted by atomic mass is 10.0. The van der Waals surface area contributed by atoms with Crippen molar-refractivity contribution in [3.8, 4) is 5.75 Å². The van der Waals surface area contributed by atoms with Crippen LogP contribution >= 0.6 is 0 Å². The number of carboxylic acids is 1. The van der Waals surface area contributed by atoms with Crippen molar-refractivity contribution in [3.05, 3.63) is 42.0 Å². The van der Waals surface area contributed by atoms with Crippen molar-refractivity contribution in [1.82, 2.24) is 0 Å². The maximum atomic E-state index is 11.1. The van der Waals surface area contributed by atoms with Crippen LogP contribution in [-0.2, 0) is 9.63 Å². The monoisotopic (exact) mass is 259 g/mol. The third kappa shape index (κ3) is 2.49. The number of carboxylic acid groups (broad SMARTS) is 1. The molecule has 0 aromatic heterocycles. The SMILES string of the molecule is CON=C(C(=O)O)c1ccc2cccc(OC)c2c1. The number of hydrogen-bond donors (Lipinski definition) is 1. The number of benzene rings is 2. The molecule has 0 heterocycles. The predicted octanol–water partition coefficient (Wildman–Crippen LogP) is 2.28. The molecule has 0 spiro atoms. The first-order valence-electron chi connectivity index (χ1n) is 5.59. The Bertz CT molecular complexity index is 649. The third-order valence-electron chi connectivity index (χ3n) is 2.72. The van der Waals surface area contributed by atoms with E-state index in [1.165, 1.54) is 7.11 Å². The van der Waals surface area contributed by atoms with Crippen LogP contribution in [0.4, 0.5) is 0 Å². The van der Waals surface area contributed by atoms with Gasteiger partial charge in [-0.25, -0.2) is 4.79 Å². The summed E-state index contributed by atoms with van der Waals surface area (Å²) >= 11 is 0. The molecule has 2 aromatic carbocycles. The Morgan fingerprint density at radius 3 is 2.63 bits per heavy atom. The van der Waals surface area contributed by atoms with E-state index in [1.807, 2.05) is 24.3 Å². The van der Waals surface area contributed by atoms with E-state index in [1.54, 1.807) is 19.2 Å². The summed E-state index contributed by atoms with van der Waals surface area (Å²) in [6, 6.07) is 10.9. The molecule has 2 rings (SSSR count). The Morgan fingerprint density at radius 2 is 2.00 bits per heavy atom. The maximum Gasteiger partial charge on any atom is 0.358 e. The topological polar surface area (TPSA) is 68.1 Å². The van der Waals surface area contributed by atoms with Crippen LogP contribution in [0.3, 0.4) is 0 Å². The molecule has 0 aliphatic rings. The molecule has 0 bridgehead atoms. The van der Waals surface area contributed by atoms with Crippen LogP contribution in [0, 0.1) is 0 Å². The highest BCUT2D eigenvalue weighted by atomic mass is 16.6. The normalized spacial score (nSPS) is 11.4. The molecule has 5 nitrogen and oxygen atoms in total. The van der Waals surface area contributed by atoms with Gasteiger partial charge in [0.2, 0.25) is 0 Å². The van der Waals surface area contributed by atoms with Crippen molar-refractivity contribution in [2.75, 3.05) is 14.2 Å². The van der Waals surface area contributed by atoms with Crippen LogP contribution in [0.15, 0.2) is 41.6 Å². The number of carbonyl (C=O) groups is 1. The first kappa shape index (κ1) is 12.9. The Labute approximate surface area is 110 Å². The van der Waals surface area contributed by atoms with Gasteiger partial charge in [-0.05, 0) is 17.5 Å². The molecule has 0 fully saturated rings. The molecule has 0 atom stereocenters. The number of oxime groups is 1. The van der Waals surface area contributed by atoms with Crippen molar-refractivity contribution in [1.29, 1.82) is 0 Å². The van der Waals surface area contributed by atoms with Gasteiger partial charge in [-0.1, -0.05) is 29.4 Å². The first-order chi connectivity index (χ1) is 9.17. The van der Waals surface area contributed by atoms with Gasteiger partial charge < -0.3 is 14.7 Å². The predicted molar refractivity (Wildman–Crippen MR) is 71.7 cm³/mol. The molecule has 1 N–H and O–H groups in total. The molecule has 0 aliphatic heterocycles. The molecule has 2 aromatic rings. The smallest absolute Gasteiger partial charge is 0.358 e. The lowest BCUT2D eigenvalue weighted by Crippen LogP contribution is -2.14. The lowest BCUT2D eigenvalue weighted by Gasteiger charge is -2.07. The zero-order valence-corrected chi connectivity index (χ0v) is 10.6. The fraction of sp³-hybridized carbons (Fsp3) is 0.143. The second kappa shape index (κ2) is 5.39. The second-order valence-corrected chi connectivity index (χ2v) is 3.82. The van der Waals surface area contributed by atoms with E-state index in [0.29, 0.717) is 11.3 Å². The summed E-state index contributed by atoms with van der Waals surface area (Å²) in [4.78, 5) is 15.7. The average molecular weight is 259 g/mol. The van der Waals surface area contributed by atoms with Crippen LogP contribution in [0.1, 0.15) is 5.56 Å². The molecule has 0 saturated carbocycles. The summed E-state index contributed by atoms with van der Waals surface area (Å²) in [6.45, 7) is 0. The average Bonchev–Trinajstić information content (AvgIpc) is 2.43. The molecule has 0 radical (unpaired) electrons. The van der Waals surface area contributed by atoms with E-state index < -0.39 is 5.97 Å². The number of hydrogen-bond acceptors (Lipinski definition) is 4. The summed E-state index contributed by atoms with van der Waals surface area (Å²) in [5.74, 6) is -0.461. The highest BCUT2D eigenvalue weighted by molar-refractivity contribution is 6.42. The molecule has 0 unspecified atom stereocenters. The van der Waals surface area contributed by atoms with E-state index >= 15 is 0 Å². The summed E-state index contributed by atoms with van der Waals surface area (Å²) in [5, 5.41) is 14.4. The van der Waals surface area contributed by atoms with Crippen molar-refractivity contribution in [2.45, 2.75) is 0 Å². The second-order valence-electron chi connectivity index (χ2n) is 3.82. The Kier molecular flexibility index (Phi) is 3.66. The first-order valence-corrected chi connectivity index (χ1v) is 5.59. The number of nitrogens with zero attached hydrogens (tertiary/aromatic N) is 1. The Hall–Kier alpha value is -2.56. The lowest BCUT2D eigenvalue weighted by molar-refractivity contribution is -0.129. The summed E-state index contributed by atoms with van der Waals surface area (Å²) in [7, 11) is 2.88. The van der Waals surface area contributed by atoms with Crippen LogP contribution in [-0.4, -0.2) is 31.0 Å². The van der Waals surface area contributed by atoms with Crippen molar-refractivity contribution < 1.29 is 19.5 Å². The molecule has 19 heavy (non-hydrogen) atoms. The number of rotatable bonds is 4. The number of fused-ring (bicyclic) bond motifs is 1. The standard InChI is InChI=1S/C14H13NO4/c1-18-12-5-3-4-9-6-7-10(8-11(9)12)13(14(16)17)15-19-2/h3-8H,1-2H3,(H,16,17). The summed E-state index contributed by atoms with van der Waals surface area (Å²) in [6.07, 6.45) is 0. The fourth-order valence-electron chi connectivity index (χ4n) is 1.88.